The Morgan fingerprint density at radius 2 is 1.79 bits per heavy atom. The fraction of sp³-hybridized carbons (Fsp3) is 0.611. The average molecular weight is 340 g/mol. The van der Waals surface area contributed by atoms with Gasteiger partial charge in [0.05, 0.1) is 11.1 Å². The minimum Gasteiger partial charge on any atom is -0.354 e. The first-order valence-electron chi connectivity index (χ1n) is 8.50. The number of hydrogen-bond acceptors (Lipinski definition) is 2. The summed E-state index contributed by atoms with van der Waals surface area (Å²) in [6.45, 7) is 0.353. The number of benzene rings is 1. The van der Waals surface area contributed by atoms with Crippen molar-refractivity contribution in [3.63, 3.8) is 0 Å². The molecule has 1 aromatic rings. The first kappa shape index (κ1) is 17.3. The minimum atomic E-state index is -4.35. The van der Waals surface area contributed by atoms with E-state index in [-0.39, 0.29) is 5.91 Å². The van der Waals surface area contributed by atoms with Crippen LogP contribution in [0.15, 0.2) is 24.3 Å². The summed E-state index contributed by atoms with van der Waals surface area (Å²) in [6, 6.07) is 5.48. The molecule has 24 heavy (non-hydrogen) atoms. The molecule has 0 unspecified atom stereocenters. The number of halogens is 3. The smallest absolute Gasteiger partial charge is 0.354 e. The summed E-state index contributed by atoms with van der Waals surface area (Å²) in [4.78, 5) is 12.4. The van der Waals surface area contributed by atoms with Gasteiger partial charge in [-0.1, -0.05) is 37.5 Å². The Kier molecular flexibility index (Phi) is 4.36. The van der Waals surface area contributed by atoms with E-state index in [4.69, 9.17) is 5.73 Å². The maximum absolute atomic E-state index is 13.0. The Morgan fingerprint density at radius 1 is 1.12 bits per heavy atom. The third kappa shape index (κ3) is 3.16. The van der Waals surface area contributed by atoms with Crippen molar-refractivity contribution in [2.45, 2.75) is 62.1 Å². The van der Waals surface area contributed by atoms with Crippen molar-refractivity contribution in [2.75, 3.05) is 6.54 Å². The van der Waals surface area contributed by atoms with Gasteiger partial charge in [-0.2, -0.15) is 13.2 Å². The molecule has 6 heteroatoms. The second kappa shape index (κ2) is 6.06. The molecule has 0 spiro atoms. The predicted molar refractivity (Wildman–Crippen MR) is 85.4 cm³/mol. The largest absolute Gasteiger partial charge is 0.416 e. The van der Waals surface area contributed by atoms with Gasteiger partial charge in [-0.3, -0.25) is 4.79 Å². The topological polar surface area (TPSA) is 55.1 Å². The van der Waals surface area contributed by atoms with Gasteiger partial charge >= 0.3 is 6.18 Å². The van der Waals surface area contributed by atoms with Gasteiger partial charge in [0.1, 0.15) is 0 Å². The summed E-state index contributed by atoms with van der Waals surface area (Å²) in [5.41, 5.74) is 4.97. The van der Waals surface area contributed by atoms with Gasteiger partial charge in [0.2, 0.25) is 5.91 Å². The number of alkyl halides is 3. The lowest BCUT2D eigenvalue weighted by Crippen LogP contribution is -2.55. The predicted octanol–water partition coefficient (Wildman–Crippen LogP) is 3.51. The second-order valence-electron chi connectivity index (χ2n) is 7.26. The van der Waals surface area contributed by atoms with Gasteiger partial charge < -0.3 is 11.1 Å². The molecule has 132 valence electrons. The molecule has 2 aliphatic rings. The van der Waals surface area contributed by atoms with E-state index in [0.29, 0.717) is 24.9 Å². The van der Waals surface area contributed by atoms with Gasteiger partial charge in [0, 0.05) is 12.0 Å². The van der Waals surface area contributed by atoms with Crippen LogP contribution in [-0.4, -0.2) is 18.0 Å². The Hall–Kier alpha value is -1.56. The van der Waals surface area contributed by atoms with Crippen LogP contribution in [0.4, 0.5) is 13.2 Å². The molecule has 0 heterocycles. The molecule has 2 fully saturated rings. The van der Waals surface area contributed by atoms with Crippen LogP contribution in [0, 0.1) is 0 Å². The van der Waals surface area contributed by atoms with Crippen LogP contribution in [-0.2, 0) is 16.4 Å². The molecule has 0 aliphatic heterocycles. The van der Waals surface area contributed by atoms with Crippen LogP contribution < -0.4 is 11.1 Å². The highest BCUT2D eigenvalue weighted by molar-refractivity contribution is 5.86. The SMILES string of the molecule is NC1(C(=O)NCC2(c3cccc(C(F)(F)F)c3)CCC2)CCCC1. The summed E-state index contributed by atoms with van der Waals surface area (Å²) >= 11 is 0. The van der Waals surface area contributed by atoms with E-state index in [9.17, 15) is 18.0 Å². The average Bonchev–Trinajstić information content (AvgIpc) is 2.93. The fourth-order valence-corrected chi connectivity index (χ4v) is 3.85. The lowest BCUT2D eigenvalue weighted by atomic mass is 9.64. The van der Waals surface area contributed by atoms with E-state index in [1.54, 1.807) is 6.07 Å². The van der Waals surface area contributed by atoms with E-state index >= 15 is 0 Å². The third-order valence-corrected chi connectivity index (χ3v) is 5.65. The van der Waals surface area contributed by atoms with Gasteiger partial charge in [-0.25, -0.2) is 0 Å². The van der Waals surface area contributed by atoms with Gasteiger partial charge in [0.25, 0.3) is 0 Å². The number of nitrogens with one attached hydrogen (secondary N) is 1. The van der Waals surface area contributed by atoms with Crippen LogP contribution in [0.2, 0.25) is 0 Å². The van der Waals surface area contributed by atoms with E-state index in [1.165, 1.54) is 12.1 Å². The number of amides is 1. The third-order valence-electron chi connectivity index (χ3n) is 5.65. The summed E-state index contributed by atoms with van der Waals surface area (Å²) in [5, 5.41) is 2.92. The van der Waals surface area contributed by atoms with Gasteiger partial charge in [0.15, 0.2) is 0 Å². The van der Waals surface area contributed by atoms with Crippen molar-refractivity contribution in [1.29, 1.82) is 0 Å². The summed E-state index contributed by atoms with van der Waals surface area (Å²) in [7, 11) is 0. The normalized spacial score (nSPS) is 22.0. The maximum atomic E-state index is 13.0. The van der Waals surface area contributed by atoms with Crippen molar-refractivity contribution in [1.82, 2.24) is 5.32 Å². The second-order valence-corrected chi connectivity index (χ2v) is 7.26. The molecule has 1 amide bonds. The van der Waals surface area contributed by atoms with Gasteiger partial charge in [-0.15, -0.1) is 0 Å². The Balaban J connectivity index is 1.74. The Bertz CT molecular complexity index is 617. The zero-order chi connectivity index (χ0) is 17.4. The standard InChI is InChI=1S/C18H23F3N2O/c19-18(20,21)14-6-3-5-13(11-14)16(7-4-8-16)12-23-15(24)17(22)9-1-2-10-17/h3,5-6,11H,1-2,4,7-10,12,22H2,(H,23,24). The molecule has 3 nitrogen and oxygen atoms in total. The lowest BCUT2D eigenvalue weighted by molar-refractivity contribution is -0.137. The Morgan fingerprint density at radius 3 is 2.33 bits per heavy atom. The number of nitrogens with two attached hydrogens (primary N) is 1. The zero-order valence-electron chi connectivity index (χ0n) is 13.6. The summed E-state index contributed by atoms with van der Waals surface area (Å²) in [6.07, 6.45) is 1.42. The van der Waals surface area contributed by atoms with Crippen molar-refractivity contribution >= 4 is 5.91 Å². The van der Waals surface area contributed by atoms with Crippen molar-refractivity contribution in [3.8, 4) is 0 Å². The highest BCUT2D eigenvalue weighted by atomic mass is 19.4. The minimum absolute atomic E-state index is 0.168. The molecule has 0 atom stereocenters. The van der Waals surface area contributed by atoms with Crippen LogP contribution >= 0.6 is 0 Å². The van der Waals surface area contributed by atoms with Crippen LogP contribution in [0.25, 0.3) is 0 Å². The number of carbonyl (C=O) groups excluding carboxylic acids is 1. The number of hydrogen-bond donors (Lipinski definition) is 2. The molecular weight excluding hydrogens is 317 g/mol. The quantitative estimate of drug-likeness (QED) is 0.881. The summed E-state index contributed by atoms with van der Waals surface area (Å²) < 4.78 is 38.9. The first-order chi connectivity index (χ1) is 11.3. The molecule has 0 bridgehead atoms. The molecule has 3 rings (SSSR count). The zero-order valence-corrected chi connectivity index (χ0v) is 13.6. The molecule has 1 aromatic carbocycles. The fourth-order valence-electron chi connectivity index (χ4n) is 3.85. The molecule has 0 aromatic heterocycles. The first-order valence-corrected chi connectivity index (χ1v) is 8.50. The number of rotatable bonds is 4. The number of carbonyl (C=O) groups is 1. The summed E-state index contributed by atoms with van der Waals surface area (Å²) in [5.74, 6) is -0.168. The molecule has 3 N–H and O–H groups in total. The van der Waals surface area contributed by atoms with E-state index in [1.807, 2.05) is 0 Å². The van der Waals surface area contributed by atoms with Crippen LogP contribution in [0.5, 0.6) is 0 Å². The van der Waals surface area contributed by atoms with Gasteiger partial charge in [-0.05, 0) is 37.3 Å². The molecular formula is C18H23F3N2O. The van der Waals surface area contributed by atoms with E-state index < -0.39 is 22.7 Å². The van der Waals surface area contributed by atoms with E-state index in [2.05, 4.69) is 5.32 Å². The molecule has 0 saturated heterocycles. The van der Waals surface area contributed by atoms with Crippen LogP contribution in [0.3, 0.4) is 0 Å². The van der Waals surface area contributed by atoms with Crippen molar-refractivity contribution in [3.05, 3.63) is 35.4 Å². The highest BCUT2D eigenvalue weighted by Crippen LogP contribution is 2.44. The van der Waals surface area contributed by atoms with Crippen molar-refractivity contribution in [2.24, 2.45) is 5.73 Å². The molecule has 2 aliphatic carbocycles. The highest BCUT2D eigenvalue weighted by Gasteiger charge is 2.43. The lowest BCUT2D eigenvalue weighted by Gasteiger charge is -2.43. The molecule has 2 saturated carbocycles. The van der Waals surface area contributed by atoms with Crippen LogP contribution in [0.1, 0.15) is 56.1 Å². The van der Waals surface area contributed by atoms with E-state index in [0.717, 1.165) is 38.2 Å². The monoisotopic (exact) mass is 340 g/mol. The Labute approximate surface area is 139 Å². The maximum Gasteiger partial charge on any atom is 0.416 e. The molecule has 0 radical (unpaired) electrons. The van der Waals surface area contributed by atoms with Crippen molar-refractivity contribution < 1.29 is 18.0 Å².